The molecule has 0 aliphatic rings. The number of pyridine rings is 3. The van der Waals surface area contributed by atoms with Gasteiger partial charge in [-0.05, 0) is 126 Å². The molecular formula is C48H28Cl2F2N20O4S5. The maximum absolute atomic E-state index is 13.1. The fraction of sp³-hybridized carbons (Fsp3) is 0.0417. The third-order valence-electron chi connectivity index (χ3n) is 10.0. The van der Waals surface area contributed by atoms with Crippen molar-refractivity contribution in [1.82, 2.24) is 52.4 Å². The molecule has 24 nitrogen and oxygen atoms in total. The third kappa shape index (κ3) is 14.1. The highest BCUT2D eigenvalue weighted by Gasteiger charge is 2.14. The second-order valence-electron chi connectivity index (χ2n) is 15.4. The molecule has 0 amide bonds. The van der Waals surface area contributed by atoms with Crippen LogP contribution in [-0.2, 0) is 0 Å². The van der Waals surface area contributed by atoms with Gasteiger partial charge in [0.1, 0.15) is 39.7 Å². The predicted octanol–water partition coefficient (Wildman–Crippen LogP) is 15.9. The number of nitriles is 1. The van der Waals surface area contributed by atoms with Gasteiger partial charge in [0.2, 0.25) is 0 Å². The van der Waals surface area contributed by atoms with Gasteiger partial charge < -0.3 is 20.4 Å². The summed E-state index contributed by atoms with van der Waals surface area (Å²) in [5, 5.41) is 83.5. The molecule has 81 heavy (non-hydrogen) atoms. The van der Waals surface area contributed by atoms with Crippen molar-refractivity contribution in [3.63, 3.8) is 0 Å². The lowest BCUT2D eigenvalue weighted by Gasteiger charge is -1.98. The molecule has 0 radical (unpaired) electrons. The van der Waals surface area contributed by atoms with Crippen molar-refractivity contribution in [1.29, 1.82) is 5.26 Å². The van der Waals surface area contributed by atoms with E-state index in [9.17, 15) is 24.3 Å². The van der Waals surface area contributed by atoms with E-state index in [-0.39, 0.29) is 33.0 Å². The largest absolute Gasteiger partial charge is 0.506 e. The summed E-state index contributed by atoms with van der Waals surface area (Å²) in [6.07, 6.45) is 9.60. The zero-order valence-electron chi connectivity index (χ0n) is 40.7. The van der Waals surface area contributed by atoms with Crippen LogP contribution in [0, 0.1) is 29.9 Å². The van der Waals surface area contributed by atoms with E-state index in [1.807, 2.05) is 6.26 Å². The highest BCUT2D eigenvalue weighted by Crippen LogP contribution is 2.37. The fourth-order valence-corrected chi connectivity index (χ4v) is 9.59. The number of nitrogens with zero attached hydrogens (tertiary/aromatic N) is 20. The Balaban J connectivity index is 0.000000131. The number of thioether (sulfide) groups is 1. The minimum Gasteiger partial charge on any atom is -0.506 e. The van der Waals surface area contributed by atoms with Crippen molar-refractivity contribution < 1.29 is 29.2 Å². The molecule has 0 spiro atoms. The maximum Gasteiger partial charge on any atom is 0.193 e. The van der Waals surface area contributed by atoms with Crippen LogP contribution in [0.2, 0.25) is 10.0 Å². The SMILES string of the molecule is CSc1nc2nsc(N=Nc3ccc(O)c(Cl)c3)c2cc1C#N.Cc1ncc2c(N=Nc3ccc(O)cn3)snc2n1.Oc1c(F)cc(N=Nc2snc3ncccc23)cc1F.Oc1ccc(N=Nc2snc3nccnc23)cc1Cl. The lowest BCUT2D eigenvalue weighted by Crippen LogP contribution is -1.86. The summed E-state index contributed by atoms with van der Waals surface area (Å²) in [4.78, 5) is 28.8. The first-order valence-electron chi connectivity index (χ1n) is 22.3. The molecule has 4 N–H and O–H groups in total. The van der Waals surface area contributed by atoms with Crippen LogP contribution in [0.15, 0.2) is 156 Å². The normalized spacial score (nSPS) is 11.4. The fourth-order valence-electron chi connectivity index (χ4n) is 6.20. The summed E-state index contributed by atoms with van der Waals surface area (Å²) in [6.45, 7) is 1.81. The molecule has 402 valence electrons. The number of rotatable bonds is 9. The number of halogens is 4. The van der Waals surface area contributed by atoms with Crippen LogP contribution in [-0.4, -0.2) is 79.1 Å². The van der Waals surface area contributed by atoms with E-state index in [2.05, 4.69) is 99.4 Å². The van der Waals surface area contributed by atoms with Gasteiger partial charge in [-0.1, -0.05) is 23.2 Å². The second-order valence-corrected chi connectivity index (χ2v) is 20.1. The van der Waals surface area contributed by atoms with Gasteiger partial charge in [0, 0.05) is 36.9 Å². The summed E-state index contributed by atoms with van der Waals surface area (Å²) in [5.74, 6) is -2.04. The molecule has 0 aliphatic heterocycles. The average molecular weight is 1220 g/mol. The molecule has 12 aromatic rings. The van der Waals surface area contributed by atoms with E-state index in [4.69, 9.17) is 33.4 Å². The lowest BCUT2D eigenvalue weighted by molar-refractivity contribution is 0.396. The van der Waals surface area contributed by atoms with Gasteiger partial charge in [0.15, 0.2) is 65.8 Å². The van der Waals surface area contributed by atoms with E-state index >= 15 is 0 Å². The zero-order chi connectivity index (χ0) is 57.0. The van der Waals surface area contributed by atoms with Crippen molar-refractivity contribution in [2.45, 2.75) is 11.9 Å². The molecule has 0 bridgehead atoms. The Morgan fingerprint density at radius 1 is 0.543 bits per heavy atom. The molecule has 0 atom stereocenters. The Labute approximate surface area is 483 Å². The smallest absolute Gasteiger partial charge is 0.193 e. The highest BCUT2D eigenvalue weighted by atomic mass is 35.5. The van der Waals surface area contributed by atoms with Gasteiger partial charge in [0.25, 0.3) is 0 Å². The molecule has 9 aromatic heterocycles. The third-order valence-corrected chi connectivity index (χ3v) is 14.2. The standard InChI is InChI=1S/C14H8ClN5OS2.C12H6F2N4OS.C11H6ClN5OS.C11H8N6OS/c1-22-13-7(6-16)4-9-12(17-13)20-23-14(9)19-18-8-2-3-11(21)10(15)5-8;13-8-4-6(5-9(14)10(8)19)16-17-12-7-2-1-3-15-11(7)18-20-12;12-7-5-6(1-2-8(7)18)15-16-11-9-10(17-19-11)14-4-3-13-9;1-6-12-5-8-10(14-6)17-19-11(8)16-15-9-3-2-7(18)4-13-9/h2-5,21H,1H3;1-5,19H;1-5,18H;2-5,18H,1H3. The summed E-state index contributed by atoms with van der Waals surface area (Å²) in [6, 6.07) is 21.3. The number of aromatic nitrogens is 11. The molecule has 0 unspecified atom stereocenters. The molecule has 0 aliphatic carbocycles. The van der Waals surface area contributed by atoms with Crippen LogP contribution in [0.25, 0.3) is 44.3 Å². The Kier molecular flexibility index (Phi) is 18.2. The van der Waals surface area contributed by atoms with Gasteiger partial charge in [-0.2, -0.15) is 22.8 Å². The number of azo groups is 4. The van der Waals surface area contributed by atoms with Crippen LogP contribution in [0.5, 0.6) is 23.0 Å². The van der Waals surface area contributed by atoms with Crippen molar-refractivity contribution in [2.24, 2.45) is 40.9 Å². The molecule has 0 fully saturated rings. The average Bonchev–Trinajstić information content (AvgIpc) is 4.38. The Hall–Kier alpha value is -9.29. The number of phenolic OH excluding ortho intramolecular Hbond substituents is 3. The first-order valence-corrected chi connectivity index (χ1v) is 27.4. The predicted molar refractivity (Wildman–Crippen MR) is 303 cm³/mol. The van der Waals surface area contributed by atoms with Crippen molar-refractivity contribution in [3.8, 4) is 29.1 Å². The molecule has 33 heteroatoms. The molecule has 12 rings (SSSR count). The molecule has 0 saturated carbocycles. The highest BCUT2D eigenvalue weighted by molar-refractivity contribution is 7.98. The number of aromatic hydroxyl groups is 4. The first-order chi connectivity index (χ1) is 39.2. The summed E-state index contributed by atoms with van der Waals surface area (Å²) < 4.78 is 42.9. The number of hydrogen-bond acceptors (Lipinski definition) is 29. The molecule has 3 aromatic carbocycles. The van der Waals surface area contributed by atoms with Gasteiger partial charge in [-0.3, -0.25) is 0 Å². The number of hydrogen-bond donors (Lipinski definition) is 4. The van der Waals surface area contributed by atoms with E-state index in [0.29, 0.717) is 92.5 Å². The minimum absolute atomic E-state index is 0.00900. The van der Waals surface area contributed by atoms with Crippen LogP contribution >= 0.6 is 81.1 Å². The van der Waals surface area contributed by atoms with Gasteiger partial charge in [-0.25, -0.2) is 43.7 Å². The first kappa shape index (κ1) is 56.4. The summed E-state index contributed by atoms with van der Waals surface area (Å²) in [5.41, 5.74) is 4.33. The summed E-state index contributed by atoms with van der Waals surface area (Å²) in [7, 11) is 0. The minimum atomic E-state index is -1.09. The van der Waals surface area contributed by atoms with E-state index in [1.165, 1.54) is 71.4 Å². The Morgan fingerprint density at radius 2 is 1.11 bits per heavy atom. The Bertz CT molecular complexity index is 4400. The van der Waals surface area contributed by atoms with Crippen molar-refractivity contribution in [3.05, 3.63) is 143 Å². The van der Waals surface area contributed by atoms with Crippen molar-refractivity contribution >= 4 is 168 Å². The van der Waals surface area contributed by atoms with Gasteiger partial charge >= 0.3 is 0 Å². The summed E-state index contributed by atoms with van der Waals surface area (Å²) >= 11 is 17.6. The van der Waals surface area contributed by atoms with Gasteiger partial charge in [0.05, 0.1) is 55.0 Å². The van der Waals surface area contributed by atoms with E-state index in [0.717, 1.165) is 40.6 Å². The monoisotopic (exact) mass is 1220 g/mol. The Morgan fingerprint density at radius 3 is 1.75 bits per heavy atom. The van der Waals surface area contributed by atoms with Gasteiger partial charge in [-0.15, -0.1) is 52.7 Å². The van der Waals surface area contributed by atoms with Crippen molar-refractivity contribution in [2.75, 3.05) is 6.26 Å². The zero-order valence-corrected chi connectivity index (χ0v) is 46.3. The molecule has 0 saturated heterocycles. The number of phenols is 3. The topological polar surface area (TPSA) is 345 Å². The maximum atomic E-state index is 13.1. The second kappa shape index (κ2) is 26.1. The number of benzene rings is 3. The lowest BCUT2D eigenvalue weighted by atomic mass is 10.2. The quantitative estimate of drug-likeness (QED) is 0.0770. The van der Waals surface area contributed by atoms with E-state index in [1.54, 1.807) is 68.1 Å². The van der Waals surface area contributed by atoms with E-state index < -0.39 is 17.4 Å². The van der Waals surface area contributed by atoms with Crippen LogP contribution in [0.3, 0.4) is 0 Å². The van der Waals surface area contributed by atoms with Crippen LogP contribution in [0.4, 0.5) is 51.7 Å². The number of aryl methyl sites for hydroxylation is 1. The molecular weight excluding hydrogens is 1190 g/mol. The van der Waals surface area contributed by atoms with Crippen LogP contribution in [0.1, 0.15) is 11.4 Å². The molecule has 9 heterocycles. The number of fused-ring (bicyclic) bond motifs is 4. The van der Waals surface area contributed by atoms with Crippen LogP contribution < -0.4 is 0 Å².